The Hall–Kier alpha value is -2.34. The first kappa shape index (κ1) is 17.0. The van der Waals surface area contributed by atoms with Crippen LogP contribution in [0.4, 0.5) is 0 Å². The minimum Gasteiger partial charge on any atom is -0.492 e. The second kappa shape index (κ2) is 8.33. The normalized spacial score (nSPS) is 10.8. The number of carbonyl (C=O) groups excluding carboxylic acids is 1. The molecular formula is C17H24N4O2. The van der Waals surface area contributed by atoms with Gasteiger partial charge in [-0.3, -0.25) is 9.89 Å². The maximum atomic E-state index is 11.6. The molecular weight excluding hydrogens is 292 g/mol. The number of amides is 1. The first-order valence-electron chi connectivity index (χ1n) is 7.71. The van der Waals surface area contributed by atoms with Gasteiger partial charge in [-0.25, -0.2) is 0 Å². The van der Waals surface area contributed by atoms with Crippen molar-refractivity contribution in [2.75, 3.05) is 33.8 Å². The van der Waals surface area contributed by atoms with Gasteiger partial charge in [0.25, 0.3) is 0 Å². The van der Waals surface area contributed by atoms with Crippen LogP contribution in [-0.2, 0) is 4.79 Å². The SMILES string of the molecule is Cc1[nH]ncc1-c1cccc(OCCNC(=O)CCN(C)C)c1. The number of aromatic nitrogens is 2. The summed E-state index contributed by atoms with van der Waals surface area (Å²) in [7, 11) is 3.90. The summed E-state index contributed by atoms with van der Waals surface area (Å²) in [5, 5.41) is 9.82. The second-order valence-corrected chi connectivity index (χ2v) is 5.69. The van der Waals surface area contributed by atoms with Crippen molar-refractivity contribution in [2.45, 2.75) is 13.3 Å². The molecule has 0 atom stereocenters. The molecule has 0 unspecified atom stereocenters. The van der Waals surface area contributed by atoms with E-state index in [0.717, 1.165) is 29.1 Å². The molecule has 0 spiro atoms. The summed E-state index contributed by atoms with van der Waals surface area (Å²) in [6, 6.07) is 7.86. The Kier molecular flexibility index (Phi) is 6.17. The van der Waals surface area contributed by atoms with E-state index in [1.165, 1.54) is 0 Å². The average Bonchev–Trinajstić information content (AvgIpc) is 2.96. The maximum Gasteiger partial charge on any atom is 0.221 e. The summed E-state index contributed by atoms with van der Waals surface area (Å²) in [5.41, 5.74) is 3.14. The van der Waals surface area contributed by atoms with E-state index in [1.807, 2.05) is 50.2 Å². The summed E-state index contributed by atoms with van der Waals surface area (Å²) in [4.78, 5) is 13.6. The molecule has 2 aromatic rings. The van der Waals surface area contributed by atoms with E-state index in [0.29, 0.717) is 19.6 Å². The van der Waals surface area contributed by atoms with E-state index in [-0.39, 0.29) is 5.91 Å². The van der Waals surface area contributed by atoms with Crippen LogP contribution in [0, 0.1) is 6.92 Å². The zero-order chi connectivity index (χ0) is 16.7. The molecule has 0 aliphatic carbocycles. The van der Waals surface area contributed by atoms with Crippen LogP contribution in [0.15, 0.2) is 30.5 Å². The molecule has 1 heterocycles. The number of hydrogen-bond acceptors (Lipinski definition) is 4. The van der Waals surface area contributed by atoms with Gasteiger partial charge < -0.3 is 15.0 Å². The predicted octanol–water partition coefficient (Wildman–Crippen LogP) is 1.83. The summed E-state index contributed by atoms with van der Waals surface area (Å²) in [6.45, 7) is 3.68. The third kappa shape index (κ3) is 5.41. The fraction of sp³-hybridized carbons (Fsp3) is 0.412. The maximum absolute atomic E-state index is 11.6. The molecule has 124 valence electrons. The van der Waals surface area contributed by atoms with E-state index in [2.05, 4.69) is 15.5 Å². The standard InChI is InChI=1S/C17H24N4O2/c1-13-16(12-19-20-13)14-5-4-6-15(11-14)23-10-8-18-17(22)7-9-21(2)3/h4-6,11-12H,7-10H2,1-3H3,(H,18,22)(H,19,20). The van der Waals surface area contributed by atoms with E-state index < -0.39 is 0 Å². The quantitative estimate of drug-likeness (QED) is 0.729. The van der Waals surface area contributed by atoms with E-state index in [1.54, 1.807) is 6.20 Å². The van der Waals surface area contributed by atoms with Crippen molar-refractivity contribution in [3.63, 3.8) is 0 Å². The molecule has 2 N–H and O–H groups in total. The Morgan fingerprint density at radius 2 is 2.22 bits per heavy atom. The van der Waals surface area contributed by atoms with Crippen LogP contribution in [0.2, 0.25) is 0 Å². The van der Waals surface area contributed by atoms with Crippen molar-refractivity contribution in [1.82, 2.24) is 20.4 Å². The van der Waals surface area contributed by atoms with Crippen LogP contribution >= 0.6 is 0 Å². The van der Waals surface area contributed by atoms with Gasteiger partial charge in [-0.15, -0.1) is 0 Å². The third-order valence-electron chi connectivity index (χ3n) is 3.45. The molecule has 1 amide bonds. The number of hydrogen-bond donors (Lipinski definition) is 2. The molecule has 0 fully saturated rings. The van der Waals surface area contributed by atoms with Gasteiger partial charge >= 0.3 is 0 Å². The van der Waals surface area contributed by atoms with Crippen LogP contribution in [0.1, 0.15) is 12.1 Å². The molecule has 1 aromatic heterocycles. The third-order valence-corrected chi connectivity index (χ3v) is 3.45. The number of nitrogens with one attached hydrogen (secondary N) is 2. The van der Waals surface area contributed by atoms with Gasteiger partial charge in [-0.05, 0) is 38.7 Å². The molecule has 0 bridgehead atoms. The zero-order valence-electron chi connectivity index (χ0n) is 13.9. The van der Waals surface area contributed by atoms with Crippen molar-refractivity contribution in [1.29, 1.82) is 0 Å². The monoisotopic (exact) mass is 316 g/mol. The second-order valence-electron chi connectivity index (χ2n) is 5.69. The highest BCUT2D eigenvalue weighted by molar-refractivity contribution is 5.76. The summed E-state index contributed by atoms with van der Waals surface area (Å²) in [6.07, 6.45) is 2.31. The van der Waals surface area contributed by atoms with E-state index in [9.17, 15) is 4.79 Å². The molecule has 2 rings (SSSR count). The van der Waals surface area contributed by atoms with Crippen LogP contribution in [0.25, 0.3) is 11.1 Å². The molecule has 0 aliphatic rings. The van der Waals surface area contributed by atoms with Gasteiger partial charge in [-0.2, -0.15) is 5.10 Å². The van der Waals surface area contributed by atoms with Crippen molar-refractivity contribution in [2.24, 2.45) is 0 Å². The van der Waals surface area contributed by atoms with Gasteiger partial charge in [0.1, 0.15) is 12.4 Å². The van der Waals surface area contributed by atoms with Crippen LogP contribution in [0.3, 0.4) is 0 Å². The van der Waals surface area contributed by atoms with E-state index >= 15 is 0 Å². The molecule has 0 saturated carbocycles. The van der Waals surface area contributed by atoms with Crippen molar-refractivity contribution in [3.8, 4) is 16.9 Å². The molecule has 0 aliphatic heterocycles. The van der Waals surface area contributed by atoms with Gasteiger partial charge in [0, 0.05) is 24.2 Å². The van der Waals surface area contributed by atoms with Gasteiger partial charge in [-0.1, -0.05) is 12.1 Å². The fourth-order valence-electron chi connectivity index (χ4n) is 2.17. The molecule has 6 nitrogen and oxygen atoms in total. The Morgan fingerprint density at radius 1 is 1.39 bits per heavy atom. The Morgan fingerprint density at radius 3 is 2.91 bits per heavy atom. The Balaban J connectivity index is 1.78. The van der Waals surface area contributed by atoms with Gasteiger partial charge in [0.2, 0.25) is 5.91 Å². The highest BCUT2D eigenvalue weighted by atomic mass is 16.5. The van der Waals surface area contributed by atoms with E-state index in [4.69, 9.17) is 4.74 Å². The van der Waals surface area contributed by atoms with Crippen molar-refractivity contribution >= 4 is 5.91 Å². The minimum absolute atomic E-state index is 0.0464. The first-order chi connectivity index (χ1) is 11.1. The molecule has 0 saturated heterocycles. The predicted molar refractivity (Wildman–Crippen MR) is 90.4 cm³/mol. The lowest BCUT2D eigenvalue weighted by atomic mass is 10.1. The topological polar surface area (TPSA) is 70.2 Å². The number of aryl methyl sites for hydroxylation is 1. The lowest BCUT2D eigenvalue weighted by Crippen LogP contribution is -2.30. The zero-order valence-corrected chi connectivity index (χ0v) is 13.9. The molecule has 23 heavy (non-hydrogen) atoms. The van der Waals surface area contributed by atoms with Crippen LogP contribution < -0.4 is 10.1 Å². The minimum atomic E-state index is 0.0464. The van der Waals surface area contributed by atoms with Gasteiger partial charge in [0.05, 0.1) is 12.7 Å². The Bertz CT molecular complexity index is 637. The number of carbonyl (C=O) groups is 1. The average molecular weight is 316 g/mol. The van der Waals surface area contributed by atoms with Crippen LogP contribution in [0.5, 0.6) is 5.75 Å². The number of aromatic amines is 1. The van der Waals surface area contributed by atoms with Crippen molar-refractivity contribution < 1.29 is 9.53 Å². The smallest absolute Gasteiger partial charge is 0.221 e. The highest BCUT2D eigenvalue weighted by Gasteiger charge is 2.05. The van der Waals surface area contributed by atoms with Crippen LogP contribution in [-0.4, -0.2) is 54.8 Å². The fourth-order valence-corrected chi connectivity index (χ4v) is 2.17. The lowest BCUT2D eigenvalue weighted by molar-refractivity contribution is -0.121. The lowest BCUT2D eigenvalue weighted by Gasteiger charge is -2.11. The van der Waals surface area contributed by atoms with Gasteiger partial charge in [0.15, 0.2) is 0 Å². The first-order valence-corrected chi connectivity index (χ1v) is 7.71. The molecule has 1 aromatic carbocycles. The number of benzene rings is 1. The number of rotatable bonds is 8. The molecule has 6 heteroatoms. The highest BCUT2D eigenvalue weighted by Crippen LogP contribution is 2.25. The summed E-state index contributed by atoms with van der Waals surface area (Å²) >= 11 is 0. The Labute approximate surface area is 136 Å². The van der Waals surface area contributed by atoms with Crippen molar-refractivity contribution in [3.05, 3.63) is 36.2 Å². The number of ether oxygens (including phenoxy) is 1. The summed E-state index contributed by atoms with van der Waals surface area (Å²) < 4.78 is 5.70. The largest absolute Gasteiger partial charge is 0.492 e. The molecule has 0 radical (unpaired) electrons. The number of H-pyrrole nitrogens is 1. The summed E-state index contributed by atoms with van der Waals surface area (Å²) in [5.74, 6) is 0.829. The number of nitrogens with zero attached hydrogens (tertiary/aromatic N) is 2.